The topological polar surface area (TPSA) is 46.9 Å². The van der Waals surface area contributed by atoms with Crippen LogP contribution >= 0.6 is 0 Å². The van der Waals surface area contributed by atoms with E-state index in [-0.39, 0.29) is 23.4 Å². The van der Waals surface area contributed by atoms with Crippen molar-refractivity contribution in [3.05, 3.63) is 52.3 Å². The summed E-state index contributed by atoms with van der Waals surface area (Å²) in [5.41, 5.74) is 1.46. The van der Waals surface area contributed by atoms with Crippen LogP contribution in [0.1, 0.15) is 45.2 Å². The van der Waals surface area contributed by atoms with Crippen LogP contribution in [0.25, 0.3) is 0 Å². The second kappa shape index (κ2) is 5.65. The second-order valence-electron chi connectivity index (χ2n) is 6.18. The van der Waals surface area contributed by atoms with Crippen LogP contribution in [0.4, 0.5) is 13.2 Å². The molecule has 24 heavy (non-hydrogen) atoms. The summed E-state index contributed by atoms with van der Waals surface area (Å²) in [5.74, 6) is -0.584. The molecule has 0 aliphatic heterocycles. The number of amides is 1. The molecule has 0 saturated heterocycles. The molecule has 2 aromatic rings. The summed E-state index contributed by atoms with van der Waals surface area (Å²) in [6.45, 7) is 3.53. The number of hydrogen-bond acceptors (Lipinski definition) is 2. The van der Waals surface area contributed by atoms with Gasteiger partial charge in [0.2, 0.25) is 0 Å². The van der Waals surface area contributed by atoms with E-state index < -0.39 is 11.7 Å². The monoisotopic (exact) mass is 337 g/mol. The minimum absolute atomic E-state index is 0.245. The Balaban J connectivity index is 1.76. The molecule has 1 heterocycles. The first kappa shape index (κ1) is 16.5. The van der Waals surface area contributed by atoms with Gasteiger partial charge in [0, 0.05) is 24.7 Å². The summed E-state index contributed by atoms with van der Waals surface area (Å²) in [6.07, 6.45) is -3.87. The van der Waals surface area contributed by atoms with E-state index >= 15 is 0 Å². The molecule has 1 saturated carbocycles. The standard InChI is InChI=1S/C17H18F3N3O/c1-9-15(10(2)23(3)22-9)16(24)21-14-8-12(14)11-6-4-5-7-13(11)17(18,19)20/h4-7,12,14H,8H2,1-3H3,(H,21,24)/t12-,14+/m0/s1. The van der Waals surface area contributed by atoms with Gasteiger partial charge in [0.1, 0.15) is 0 Å². The smallest absolute Gasteiger partial charge is 0.349 e. The van der Waals surface area contributed by atoms with Crippen LogP contribution in [0.3, 0.4) is 0 Å². The number of alkyl halides is 3. The highest BCUT2D eigenvalue weighted by Crippen LogP contribution is 2.46. The van der Waals surface area contributed by atoms with Crippen molar-refractivity contribution in [1.82, 2.24) is 15.1 Å². The SMILES string of the molecule is Cc1nn(C)c(C)c1C(=O)N[C@@H]1C[C@H]1c1ccccc1C(F)(F)F. The molecular weight excluding hydrogens is 319 g/mol. The molecule has 128 valence electrons. The Morgan fingerprint density at radius 3 is 2.54 bits per heavy atom. The van der Waals surface area contributed by atoms with Gasteiger partial charge in [0.05, 0.1) is 16.8 Å². The summed E-state index contributed by atoms with van der Waals surface area (Å²) in [7, 11) is 1.75. The minimum Gasteiger partial charge on any atom is -0.349 e. The van der Waals surface area contributed by atoms with Crippen molar-refractivity contribution in [1.29, 1.82) is 0 Å². The third-order valence-corrected chi connectivity index (χ3v) is 4.51. The number of carbonyl (C=O) groups excluding carboxylic acids is 1. The van der Waals surface area contributed by atoms with Gasteiger partial charge in [-0.15, -0.1) is 0 Å². The largest absolute Gasteiger partial charge is 0.416 e. The van der Waals surface area contributed by atoms with Crippen LogP contribution in [-0.2, 0) is 13.2 Å². The van der Waals surface area contributed by atoms with Crippen molar-refractivity contribution in [2.45, 2.75) is 38.4 Å². The molecule has 0 spiro atoms. The molecular formula is C17H18F3N3O. The normalized spacial score (nSPS) is 20.1. The van der Waals surface area contributed by atoms with E-state index in [1.165, 1.54) is 12.1 Å². The van der Waals surface area contributed by atoms with E-state index in [0.29, 0.717) is 17.7 Å². The van der Waals surface area contributed by atoms with Gasteiger partial charge in [0.15, 0.2) is 0 Å². The zero-order valence-corrected chi connectivity index (χ0v) is 13.6. The van der Waals surface area contributed by atoms with E-state index in [9.17, 15) is 18.0 Å². The predicted molar refractivity (Wildman–Crippen MR) is 82.7 cm³/mol. The van der Waals surface area contributed by atoms with Gasteiger partial charge in [-0.25, -0.2) is 0 Å². The first-order valence-corrected chi connectivity index (χ1v) is 7.67. The fraction of sp³-hybridized carbons (Fsp3) is 0.412. The van der Waals surface area contributed by atoms with Gasteiger partial charge >= 0.3 is 6.18 Å². The van der Waals surface area contributed by atoms with E-state index in [0.717, 1.165) is 11.8 Å². The van der Waals surface area contributed by atoms with Gasteiger partial charge in [-0.3, -0.25) is 9.48 Å². The summed E-state index contributed by atoms with van der Waals surface area (Å²) in [5, 5.41) is 7.02. The van der Waals surface area contributed by atoms with Crippen LogP contribution in [0.2, 0.25) is 0 Å². The lowest BCUT2D eigenvalue weighted by Gasteiger charge is -2.12. The van der Waals surface area contributed by atoms with E-state index in [2.05, 4.69) is 10.4 Å². The Bertz CT molecular complexity index is 795. The maximum Gasteiger partial charge on any atom is 0.416 e. The Hall–Kier alpha value is -2.31. The second-order valence-corrected chi connectivity index (χ2v) is 6.18. The van der Waals surface area contributed by atoms with Crippen LogP contribution < -0.4 is 5.32 Å². The summed E-state index contributed by atoms with van der Waals surface area (Å²) in [4.78, 5) is 12.4. The third kappa shape index (κ3) is 2.90. The number of carbonyl (C=O) groups is 1. The van der Waals surface area contributed by atoms with Crippen molar-refractivity contribution in [3.63, 3.8) is 0 Å². The molecule has 7 heteroatoms. The first-order chi connectivity index (χ1) is 11.2. The van der Waals surface area contributed by atoms with Crippen LogP contribution in [-0.4, -0.2) is 21.7 Å². The van der Waals surface area contributed by atoms with Crippen LogP contribution in [0, 0.1) is 13.8 Å². The van der Waals surface area contributed by atoms with Gasteiger partial charge in [0.25, 0.3) is 5.91 Å². The number of halogens is 3. The van der Waals surface area contributed by atoms with Crippen molar-refractivity contribution < 1.29 is 18.0 Å². The fourth-order valence-corrected chi connectivity index (χ4v) is 3.12. The molecule has 1 amide bonds. The maximum atomic E-state index is 13.1. The lowest BCUT2D eigenvalue weighted by molar-refractivity contribution is -0.138. The molecule has 4 nitrogen and oxygen atoms in total. The first-order valence-electron chi connectivity index (χ1n) is 7.67. The highest BCUT2D eigenvalue weighted by atomic mass is 19.4. The number of nitrogens with one attached hydrogen (secondary N) is 1. The lowest BCUT2D eigenvalue weighted by atomic mass is 10.0. The number of aromatic nitrogens is 2. The number of benzene rings is 1. The van der Waals surface area contributed by atoms with Gasteiger partial charge in [-0.1, -0.05) is 18.2 Å². The van der Waals surface area contributed by atoms with Crippen molar-refractivity contribution in [3.8, 4) is 0 Å². The Morgan fingerprint density at radius 2 is 1.96 bits per heavy atom. The summed E-state index contributed by atoms with van der Waals surface area (Å²) >= 11 is 0. The molecule has 2 atom stereocenters. The quantitative estimate of drug-likeness (QED) is 0.934. The molecule has 1 fully saturated rings. The van der Waals surface area contributed by atoms with E-state index in [1.807, 2.05) is 0 Å². The summed E-state index contributed by atoms with van der Waals surface area (Å²) < 4.78 is 40.9. The van der Waals surface area contributed by atoms with E-state index in [1.54, 1.807) is 31.6 Å². The molecule has 1 aromatic carbocycles. The summed E-state index contributed by atoms with van der Waals surface area (Å²) in [6, 6.07) is 5.27. The molecule has 0 unspecified atom stereocenters. The van der Waals surface area contributed by atoms with Crippen molar-refractivity contribution >= 4 is 5.91 Å². The zero-order valence-electron chi connectivity index (χ0n) is 13.6. The fourth-order valence-electron chi connectivity index (χ4n) is 3.12. The Labute approximate surface area is 137 Å². The Morgan fingerprint density at radius 1 is 1.29 bits per heavy atom. The molecule has 3 rings (SSSR count). The van der Waals surface area contributed by atoms with Crippen molar-refractivity contribution in [2.24, 2.45) is 7.05 Å². The average molecular weight is 337 g/mol. The highest BCUT2D eigenvalue weighted by Gasteiger charge is 2.45. The maximum absolute atomic E-state index is 13.1. The molecule has 1 aromatic heterocycles. The number of nitrogens with zero attached hydrogens (tertiary/aromatic N) is 2. The van der Waals surface area contributed by atoms with Gasteiger partial charge in [-0.2, -0.15) is 18.3 Å². The molecule has 1 aliphatic rings. The minimum atomic E-state index is -4.38. The Kier molecular flexibility index (Phi) is 3.89. The molecule has 1 aliphatic carbocycles. The van der Waals surface area contributed by atoms with E-state index in [4.69, 9.17) is 0 Å². The number of aryl methyl sites for hydroxylation is 2. The predicted octanol–water partition coefficient (Wildman–Crippen LogP) is 3.34. The number of hydrogen-bond donors (Lipinski definition) is 1. The highest BCUT2D eigenvalue weighted by molar-refractivity contribution is 5.96. The van der Waals surface area contributed by atoms with Crippen molar-refractivity contribution in [2.75, 3.05) is 0 Å². The lowest BCUT2D eigenvalue weighted by Crippen LogP contribution is -2.27. The molecule has 0 bridgehead atoms. The molecule has 1 N–H and O–H groups in total. The van der Waals surface area contributed by atoms with Gasteiger partial charge < -0.3 is 5.32 Å². The molecule has 0 radical (unpaired) electrons. The number of rotatable bonds is 3. The van der Waals surface area contributed by atoms with Crippen LogP contribution in [0.15, 0.2) is 24.3 Å². The third-order valence-electron chi connectivity index (χ3n) is 4.51. The zero-order chi connectivity index (χ0) is 17.6. The van der Waals surface area contributed by atoms with Crippen LogP contribution in [0.5, 0.6) is 0 Å². The van der Waals surface area contributed by atoms with Gasteiger partial charge in [-0.05, 0) is 31.9 Å². The average Bonchev–Trinajstić information content (AvgIpc) is 3.19.